The molecule has 17 heavy (non-hydrogen) atoms. The molecule has 1 aromatic heterocycles. The van der Waals surface area contributed by atoms with Gasteiger partial charge in [-0.2, -0.15) is 5.10 Å². The first-order chi connectivity index (χ1) is 8.09. The summed E-state index contributed by atoms with van der Waals surface area (Å²) in [5, 5.41) is 19.9. The van der Waals surface area contributed by atoms with Gasteiger partial charge in [-0.1, -0.05) is 13.8 Å². The lowest BCUT2D eigenvalue weighted by Gasteiger charge is -2.20. The highest BCUT2D eigenvalue weighted by Crippen LogP contribution is 2.33. The summed E-state index contributed by atoms with van der Waals surface area (Å²) in [6, 6.07) is 1.76. The van der Waals surface area contributed by atoms with E-state index in [1.807, 2.05) is 0 Å². The van der Waals surface area contributed by atoms with Crippen molar-refractivity contribution in [1.29, 1.82) is 0 Å². The molecular weight excluding hydrogens is 218 g/mol. The van der Waals surface area contributed by atoms with E-state index in [0.29, 0.717) is 23.7 Å². The quantitative estimate of drug-likeness (QED) is 0.838. The molecule has 2 rings (SSSR count). The second-order valence-corrected chi connectivity index (χ2v) is 4.76. The number of carboxylic acids is 1. The van der Waals surface area contributed by atoms with E-state index in [1.54, 1.807) is 0 Å². The lowest BCUT2D eigenvalue weighted by molar-refractivity contribution is 0.0697. The maximum absolute atomic E-state index is 11.0. The van der Waals surface area contributed by atoms with Crippen LogP contribution in [0.4, 0.5) is 5.82 Å². The van der Waals surface area contributed by atoms with Crippen molar-refractivity contribution in [3.63, 3.8) is 0 Å². The fourth-order valence-electron chi connectivity index (χ4n) is 2.35. The van der Waals surface area contributed by atoms with Crippen LogP contribution < -0.4 is 5.32 Å². The van der Waals surface area contributed by atoms with Crippen LogP contribution in [0.1, 0.15) is 37.0 Å². The van der Waals surface area contributed by atoms with Gasteiger partial charge in [-0.15, -0.1) is 5.10 Å². The van der Waals surface area contributed by atoms with Gasteiger partial charge in [-0.05, 0) is 30.7 Å². The molecule has 1 aromatic rings. The zero-order valence-corrected chi connectivity index (χ0v) is 10.1. The monoisotopic (exact) mass is 235 g/mol. The molecule has 1 heterocycles. The van der Waals surface area contributed by atoms with Gasteiger partial charge >= 0.3 is 5.97 Å². The topological polar surface area (TPSA) is 75.1 Å². The van der Waals surface area contributed by atoms with Crippen molar-refractivity contribution in [2.75, 3.05) is 5.32 Å². The molecule has 5 heteroatoms. The molecule has 5 nitrogen and oxygen atoms in total. The number of hydrogen-bond donors (Lipinski definition) is 2. The van der Waals surface area contributed by atoms with Crippen LogP contribution in [-0.2, 0) is 0 Å². The lowest BCUT2D eigenvalue weighted by atomic mass is 9.98. The number of hydrogen-bond acceptors (Lipinski definition) is 4. The molecule has 1 aliphatic rings. The highest BCUT2D eigenvalue weighted by molar-refractivity contribution is 5.92. The predicted molar refractivity (Wildman–Crippen MR) is 64.0 cm³/mol. The highest BCUT2D eigenvalue weighted by Gasteiger charge is 2.30. The molecule has 1 aliphatic carbocycles. The van der Waals surface area contributed by atoms with Gasteiger partial charge in [0.1, 0.15) is 5.56 Å². The van der Waals surface area contributed by atoms with Crippen LogP contribution in [0.2, 0.25) is 0 Å². The molecule has 0 spiro atoms. The van der Waals surface area contributed by atoms with E-state index in [-0.39, 0.29) is 5.56 Å². The molecule has 1 saturated carbocycles. The van der Waals surface area contributed by atoms with E-state index in [1.165, 1.54) is 18.7 Å². The Morgan fingerprint density at radius 2 is 2.24 bits per heavy atom. The fraction of sp³-hybridized carbons (Fsp3) is 0.583. The van der Waals surface area contributed by atoms with Gasteiger partial charge in [-0.3, -0.25) is 0 Å². The van der Waals surface area contributed by atoms with Crippen LogP contribution >= 0.6 is 0 Å². The van der Waals surface area contributed by atoms with E-state index < -0.39 is 5.97 Å². The number of carboxylic acid groups (broad SMARTS) is 1. The molecule has 0 aliphatic heterocycles. The van der Waals surface area contributed by atoms with Gasteiger partial charge in [0, 0.05) is 6.04 Å². The highest BCUT2D eigenvalue weighted by atomic mass is 16.4. The van der Waals surface area contributed by atoms with Crippen molar-refractivity contribution >= 4 is 11.8 Å². The summed E-state index contributed by atoms with van der Waals surface area (Å²) in [7, 11) is 0. The van der Waals surface area contributed by atoms with Gasteiger partial charge in [-0.25, -0.2) is 4.79 Å². The van der Waals surface area contributed by atoms with Crippen LogP contribution in [0.3, 0.4) is 0 Å². The van der Waals surface area contributed by atoms with Gasteiger partial charge in [0.2, 0.25) is 0 Å². The van der Waals surface area contributed by atoms with Crippen molar-refractivity contribution in [3.05, 3.63) is 17.8 Å². The van der Waals surface area contributed by atoms with Crippen molar-refractivity contribution < 1.29 is 9.90 Å². The van der Waals surface area contributed by atoms with Gasteiger partial charge < -0.3 is 10.4 Å². The zero-order valence-electron chi connectivity index (χ0n) is 10.1. The summed E-state index contributed by atoms with van der Waals surface area (Å²) in [6.07, 6.45) is 3.62. The second-order valence-electron chi connectivity index (χ2n) is 4.76. The van der Waals surface area contributed by atoms with Crippen LogP contribution in [0.5, 0.6) is 0 Å². The predicted octanol–water partition coefficient (Wildman–Crippen LogP) is 2.02. The van der Waals surface area contributed by atoms with Crippen molar-refractivity contribution in [2.45, 2.75) is 32.7 Å². The minimum Gasteiger partial charge on any atom is -0.478 e. The van der Waals surface area contributed by atoms with E-state index in [0.717, 1.165) is 6.42 Å². The fourth-order valence-corrected chi connectivity index (χ4v) is 2.35. The minimum absolute atomic E-state index is 0.187. The van der Waals surface area contributed by atoms with Crippen LogP contribution in [0.25, 0.3) is 0 Å². The average molecular weight is 235 g/mol. The largest absolute Gasteiger partial charge is 0.478 e. The van der Waals surface area contributed by atoms with Gasteiger partial charge in [0.25, 0.3) is 0 Å². The Hall–Kier alpha value is -1.65. The molecule has 0 radical (unpaired) electrons. The van der Waals surface area contributed by atoms with E-state index in [2.05, 4.69) is 29.4 Å². The van der Waals surface area contributed by atoms with E-state index in [4.69, 9.17) is 5.11 Å². The van der Waals surface area contributed by atoms with Crippen molar-refractivity contribution in [3.8, 4) is 0 Å². The third kappa shape index (κ3) is 2.38. The minimum atomic E-state index is -0.971. The lowest BCUT2D eigenvalue weighted by Crippen LogP contribution is -2.26. The smallest absolute Gasteiger partial charge is 0.339 e. The standard InChI is InChI=1S/C12H17N3O2/c1-7-3-4-10(8(7)2)14-11-9(12(16)17)5-6-13-15-11/h5-8,10H,3-4H2,1-2H3,(H,14,15)(H,16,17). The van der Waals surface area contributed by atoms with Crippen LogP contribution in [0, 0.1) is 11.8 Å². The Bertz CT molecular complexity index is 422. The zero-order chi connectivity index (χ0) is 12.4. The van der Waals surface area contributed by atoms with Gasteiger partial charge in [0.15, 0.2) is 5.82 Å². The summed E-state index contributed by atoms with van der Waals surface area (Å²) >= 11 is 0. The van der Waals surface area contributed by atoms with Crippen LogP contribution in [-0.4, -0.2) is 27.3 Å². The van der Waals surface area contributed by atoms with E-state index in [9.17, 15) is 4.79 Å². The molecule has 0 bridgehead atoms. The van der Waals surface area contributed by atoms with Gasteiger partial charge in [0.05, 0.1) is 6.20 Å². The Labute approximate surface area is 100 Å². The number of anilines is 1. The van der Waals surface area contributed by atoms with Crippen molar-refractivity contribution in [2.24, 2.45) is 11.8 Å². The number of aromatic carboxylic acids is 1. The first kappa shape index (κ1) is 11.8. The Morgan fingerprint density at radius 3 is 2.82 bits per heavy atom. The molecule has 3 atom stereocenters. The normalized spacial score (nSPS) is 28.0. The summed E-state index contributed by atoms with van der Waals surface area (Å²) in [6.45, 7) is 4.41. The Morgan fingerprint density at radius 1 is 1.47 bits per heavy atom. The summed E-state index contributed by atoms with van der Waals surface area (Å²) in [4.78, 5) is 11.0. The molecular formula is C12H17N3O2. The Kier molecular flexibility index (Phi) is 3.26. The molecule has 2 N–H and O–H groups in total. The maximum Gasteiger partial charge on any atom is 0.339 e. The number of nitrogens with one attached hydrogen (secondary N) is 1. The number of nitrogens with zero attached hydrogens (tertiary/aromatic N) is 2. The number of rotatable bonds is 3. The summed E-state index contributed by atoms with van der Waals surface area (Å²) < 4.78 is 0. The molecule has 3 unspecified atom stereocenters. The molecule has 0 aromatic carbocycles. The molecule has 1 fully saturated rings. The second kappa shape index (κ2) is 4.69. The molecule has 0 amide bonds. The maximum atomic E-state index is 11.0. The third-order valence-corrected chi connectivity index (χ3v) is 3.74. The van der Waals surface area contributed by atoms with Crippen molar-refractivity contribution in [1.82, 2.24) is 10.2 Å². The number of carbonyl (C=O) groups is 1. The van der Waals surface area contributed by atoms with Crippen LogP contribution in [0.15, 0.2) is 12.3 Å². The summed E-state index contributed by atoms with van der Waals surface area (Å²) in [5.41, 5.74) is 0.187. The molecule has 0 saturated heterocycles. The summed E-state index contributed by atoms with van der Waals surface area (Å²) in [5.74, 6) is 0.600. The van der Waals surface area contributed by atoms with E-state index >= 15 is 0 Å². The third-order valence-electron chi connectivity index (χ3n) is 3.74. The first-order valence-electron chi connectivity index (χ1n) is 5.91. The average Bonchev–Trinajstić information content (AvgIpc) is 2.61. The number of aromatic nitrogens is 2. The SMILES string of the molecule is CC1CCC(Nc2nnccc2C(=O)O)C1C. The molecule has 92 valence electrons. The Balaban J connectivity index is 2.16. The first-order valence-corrected chi connectivity index (χ1v) is 5.91.